The third-order valence-electron chi connectivity index (χ3n) is 3.17. The molecule has 0 aliphatic rings. The zero-order valence-electron chi connectivity index (χ0n) is 13.6. The predicted molar refractivity (Wildman–Crippen MR) is 94.8 cm³/mol. The molecule has 0 amide bonds. The third-order valence-corrected chi connectivity index (χ3v) is 3.67. The van der Waals surface area contributed by atoms with Crippen LogP contribution in [0.2, 0.25) is 0 Å². The molecule has 0 aromatic heterocycles. The molecule has 0 aliphatic carbocycles. The Labute approximate surface area is 149 Å². The van der Waals surface area contributed by atoms with Crippen LogP contribution in [0.3, 0.4) is 0 Å². The highest BCUT2D eigenvalue weighted by Crippen LogP contribution is 2.16. The van der Waals surface area contributed by atoms with Gasteiger partial charge in [-0.1, -0.05) is 54.0 Å². The van der Waals surface area contributed by atoms with Crippen molar-refractivity contribution in [1.82, 2.24) is 0 Å². The van der Waals surface area contributed by atoms with Gasteiger partial charge in [-0.3, -0.25) is 0 Å². The van der Waals surface area contributed by atoms with Crippen molar-refractivity contribution in [2.24, 2.45) is 5.92 Å². The van der Waals surface area contributed by atoms with Crippen LogP contribution >= 0.6 is 15.9 Å². The number of ether oxygens (including phenoxy) is 2. The fourth-order valence-corrected chi connectivity index (χ4v) is 2.46. The standard InChI is InChI=1S/C19H19BrO4/c1-13(2)11-23-18(21)16-8-3-4-9-17(16)19(22)24-12-14-6-5-7-15(20)10-14/h3-10,13H,11-12H2,1-2H3. The van der Waals surface area contributed by atoms with Crippen LogP contribution in [0.5, 0.6) is 0 Å². The lowest BCUT2D eigenvalue weighted by Crippen LogP contribution is -2.15. The first-order valence-electron chi connectivity index (χ1n) is 7.65. The van der Waals surface area contributed by atoms with Gasteiger partial charge in [-0.05, 0) is 35.7 Å². The van der Waals surface area contributed by atoms with E-state index in [2.05, 4.69) is 15.9 Å². The van der Waals surface area contributed by atoms with E-state index < -0.39 is 11.9 Å². The summed E-state index contributed by atoms with van der Waals surface area (Å²) in [5.74, 6) is -0.838. The Morgan fingerprint density at radius 1 is 0.958 bits per heavy atom. The van der Waals surface area contributed by atoms with Crippen LogP contribution in [0.15, 0.2) is 53.0 Å². The summed E-state index contributed by atoms with van der Waals surface area (Å²) in [4.78, 5) is 24.5. The number of benzene rings is 2. The van der Waals surface area contributed by atoms with Crippen LogP contribution in [0.4, 0.5) is 0 Å². The van der Waals surface area contributed by atoms with Crippen molar-refractivity contribution >= 4 is 27.9 Å². The molecule has 5 heteroatoms. The number of carbonyl (C=O) groups is 2. The largest absolute Gasteiger partial charge is 0.462 e. The van der Waals surface area contributed by atoms with Crippen molar-refractivity contribution in [2.45, 2.75) is 20.5 Å². The molecule has 0 fully saturated rings. The smallest absolute Gasteiger partial charge is 0.339 e. The molecule has 0 N–H and O–H groups in total. The molecule has 0 radical (unpaired) electrons. The van der Waals surface area contributed by atoms with Gasteiger partial charge < -0.3 is 9.47 Å². The molecule has 0 atom stereocenters. The Morgan fingerprint density at radius 3 is 2.17 bits per heavy atom. The number of esters is 2. The van der Waals surface area contributed by atoms with E-state index in [1.807, 2.05) is 38.1 Å². The topological polar surface area (TPSA) is 52.6 Å². The van der Waals surface area contributed by atoms with E-state index in [4.69, 9.17) is 9.47 Å². The van der Waals surface area contributed by atoms with E-state index >= 15 is 0 Å². The number of carbonyl (C=O) groups excluding carboxylic acids is 2. The molecule has 24 heavy (non-hydrogen) atoms. The third kappa shape index (κ3) is 5.20. The lowest BCUT2D eigenvalue weighted by atomic mass is 10.1. The van der Waals surface area contributed by atoms with Gasteiger partial charge in [-0.25, -0.2) is 9.59 Å². The summed E-state index contributed by atoms with van der Waals surface area (Å²) in [7, 11) is 0. The summed E-state index contributed by atoms with van der Waals surface area (Å²) in [5, 5.41) is 0. The lowest BCUT2D eigenvalue weighted by molar-refractivity contribution is 0.0418. The molecular formula is C19H19BrO4. The van der Waals surface area contributed by atoms with Gasteiger partial charge in [0.05, 0.1) is 17.7 Å². The van der Waals surface area contributed by atoms with Crippen LogP contribution in [-0.2, 0) is 16.1 Å². The van der Waals surface area contributed by atoms with E-state index in [9.17, 15) is 9.59 Å². The van der Waals surface area contributed by atoms with Crippen molar-refractivity contribution < 1.29 is 19.1 Å². The van der Waals surface area contributed by atoms with Gasteiger partial charge in [-0.2, -0.15) is 0 Å². The lowest BCUT2D eigenvalue weighted by Gasteiger charge is -2.11. The molecule has 0 saturated carbocycles. The summed E-state index contributed by atoms with van der Waals surface area (Å²) >= 11 is 3.37. The van der Waals surface area contributed by atoms with E-state index in [-0.39, 0.29) is 23.7 Å². The number of hydrogen-bond acceptors (Lipinski definition) is 4. The maximum atomic E-state index is 12.3. The number of hydrogen-bond donors (Lipinski definition) is 0. The first kappa shape index (κ1) is 18.2. The van der Waals surface area contributed by atoms with Crippen LogP contribution in [0.25, 0.3) is 0 Å². The zero-order chi connectivity index (χ0) is 17.5. The highest BCUT2D eigenvalue weighted by molar-refractivity contribution is 9.10. The molecule has 2 aromatic rings. The molecular weight excluding hydrogens is 372 g/mol. The van der Waals surface area contributed by atoms with Crippen LogP contribution in [0.1, 0.15) is 40.1 Å². The minimum Gasteiger partial charge on any atom is -0.462 e. The minimum atomic E-state index is -0.549. The summed E-state index contributed by atoms with van der Waals surface area (Å²) in [6, 6.07) is 14.0. The van der Waals surface area contributed by atoms with Crippen LogP contribution in [-0.4, -0.2) is 18.5 Å². The fourth-order valence-electron chi connectivity index (χ4n) is 2.01. The molecule has 0 spiro atoms. The maximum Gasteiger partial charge on any atom is 0.339 e. The molecule has 126 valence electrons. The summed E-state index contributed by atoms with van der Waals surface area (Å²) < 4.78 is 11.4. The SMILES string of the molecule is CC(C)COC(=O)c1ccccc1C(=O)OCc1cccc(Br)c1. The van der Waals surface area contributed by atoms with Gasteiger partial charge in [0.1, 0.15) is 6.61 Å². The normalized spacial score (nSPS) is 10.5. The van der Waals surface area contributed by atoms with Crippen molar-refractivity contribution in [3.05, 3.63) is 69.7 Å². The quantitative estimate of drug-likeness (QED) is 0.675. The van der Waals surface area contributed by atoms with Crippen molar-refractivity contribution in [3.63, 3.8) is 0 Å². The van der Waals surface area contributed by atoms with E-state index in [0.29, 0.717) is 6.61 Å². The average Bonchev–Trinajstić information content (AvgIpc) is 2.57. The number of rotatable bonds is 6. The Bertz CT molecular complexity index is 725. The van der Waals surface area contributed by atoms with Gasteiger partial charge in [0.15, 0.2) is 0 Å². The second-order valence-corrected chi connectivity index (χ2v) is 6.66. The highest BCUT2D eigenvalue weighted by atomic mass is 79.9. The van der Waals surface area contributed by atoms with Gasteiger partial charge in [0.25, 0.3) is 0 Å². The van der Waals surface area contributed by atoms with Gasteiger partial charge in [0, 0.05) is 4.47 Å². The van der Waals surface area contributed by atoms with Gasteiger partial charge in [0.2, 0.25) is 0 Å². The second-order valence-electron chi connectivity index (χ2n) is 5.74. The average molecular weight is 391 g/mol. The molecule has 0 unspecified atom stereocenters. The molecule has 0 heterocycles. The summed E-state index contributed by atoms with van der Waals surface area (Å²) in [6.07, 6.45) is 0. The summed E-state index contributed by atoms with van der Waals surface area (Å²) in [5.41, 5.74) is 1.29. The molecule has 2 rings (SSSR count). The highest BCUT2D eigenvalue weighted by Gasteiger charge is 2.19. The Balaban J connectivity index is 2.07. The predicted octanol–water partition coefficient (Wildman–Crippen LogP) is 4.62. The first-order chi connectivity index (χ1) is 11.5. The fraction of sp³-hybridized carbons (Fsp3) is 0.263. The van der Waals surface area contributed by atoms with Crippen LogP contribution in [0, 0.1) is 5.92 Å². The van der Waals surface area contributed by atoms with Gasteiger partial charge >= 0.3 is 11.9 Å². The Kier molecular flexibility index (Phi) is 6.55. The monoisotopic (exact) mass is 390 g/mol. The number of halogens is 1. The molecule has 2 aromatic carbocycles. The summed E-state index contributed by atoms with van der Waals surface area (Å²) in [6.45, 7) is 4.34. The van der Waals surface area contributed by atoms with E-state index in [0.717, 1.165) is 10.0 Å². The van der Waals surface area contributed by atoms with Crippen molar-refractivity contribution in [3.8, 4) is 0 Å². The second kappa shape index (κ2) is 8.64. The van der Waals surface area contributed by atoms with Crippen molar-refractivity contribution in [2.75, 3.05) is 6.61 Å². The molecule has 0 saturated heterocycles. The van der Waals surface area contributed by atoms with Crippen molar-refractivity contribution in [1.29, 1.82) is 0 Å². The van der Waals surface area contributed by atoms with E-state index in [1.54, 1.807) is 24.3 Å². The molecule has 0 aliphatic heterocycles. The van der Waals surface area contributed by atoms with Crippen LogP contribution < -0.4 is 0 Å². The Hall–Kier alpha value is -2.14. The van der Waals surface area contributed by atoms with Gasteiger partial charge in [-0.15, -0.1) is 0 Å². The maximum absolute atomic E-state index is 12.3. The minimum absolute atomic E-state index is 0.133. The molecule has 4 nitrogen and oxygen atoms in total. The molecule has 0 bridgehead atoms. The van der Waals surface area contributed by atoms with E-state index in [1.165, 1.54) is 0 Å². The first-order valence-corrected chi connectivity index (χ1v) is 8.44. The Morgan fingerprint density at radius 2 is 1.58 bits per heavy atom. The zero-order valence-corrected chi connectivity index (χ0v) is 15.2.